The molecular formula is C13H20F3N5O. The third-order valence-corrected chi connectivity index (χ3v) is 3.86. The quantitative estimate of drug-likeness (QED) is 0.864. The van der Waals surface area contributed by atoms with Crippen LogP contribution in [-0.4, -0.2) is 46.1 Å². The summed E-state index contributed by atoms with van der Waals surface area (Å²) < 4.78 is 37.0. The molecule has 1 aliphatic rings. The van der Waals surface area contributed by atoms with Crippen LogP contribution in [0.3, 0.4) is 0 Å². The molecule has 0 saturated carbocycles. The first kappa shape index (κ1) is 16.7. The van der Waals surface area contributed by atoms with E-state index in [4.69, 9.17) is 0 Å². The molecule has 0 aliphatic carbocycles. The molecule has 2 N–H and O–H groups in total. The van der Waals surface area contributed by atoms with E-state index in [-0.39, 0.29) is 18.3 Å². The lowest BCUT2D eigenvalue weighted by Crippen LogP contribution is -2.31. The van der Waals surface area contributed by atoms with Crippen LogP contribution >= 0.6 is 0 Å². The molecular weight excluding hydrogens is 299 g/mol. The average molecular weight is 319 g/mol. The fourth-order valence-electron chi connectivity index (χ4n) is 2.46. The number of hydrogen-bond donors (Lipinski definition) is 2. The lowest BCUT2D eigenvalue weighted by molar-refractivity contribution is -0.144. The minimum atomic E-state index is -4.58. The number of carbonyl (C=O) groups is 1. The number of amides is 1. The zero-order chi connectivity index (χ0) is 16.2. The standard InChI is InChI=1S/C13H20F3N5O/c1-21-6-4-9(5-7-21)2-3-11(22)17-8-10-18-12(20-19-10)13(14,15)16/h9H,2-8H2,1H3,(H,17,22)(H,18,19,20). The van der Waals surface area contributed by atoms with Gasteiger partial charge in [-0.2, -0.15) is 13.2 Å². The van der Waals surface area contributed by atoms with Crippen LogP contribution in [0.2, 0.25) is 0 Å². The van der Waals surface area contributed by atoms with Gasteiger partial charge in [0.15, 0.2) is 0 Å². The molecule has 0 spiro atoms. The second-order valence-corrected chi connectivity index (χ2v) is 5.67. The molecule has 22 heavy (non-hydrogen) atoms. The van der Waals surface area contributed by atoms with E-state index in [1.54, 1.807) is 0 Å². The molecule has 1 aromatic rings. The molecule has 2 heterocycles. The number of aromatic nitrogens is 3. The maximum absolute atomic E-state index is 12.3. The number of aromatic amines is 1. The van der Waals surface area contributed by atoms with E-state index in [1.807, 2.05) is 0 Å². The van der Waals surface area contributed by atoms with Crippen LogP contribution in [0.15, 0.2) is 0 Å². The van der Waals surface area contributed by atoms with Gasteiger partial charge in [-0.05, 0) is 45.3 Å². The Morgan fingerprint density at radius 1 is 1.41 bits per heavy atom. The number of piperidine rings is 1. The Labute approximate surface area is 126 Å². The Morgan fingerprint density at radius 3 is 2.68 bits per heavy atom. The van der Waals surface area contributed by atoms with Crippen molar-refractivity contribution in [1.82, 2.24) is 25.4 Å². The van der Waals surface area contributed by atoms with Gasteiger partial charge in [-0.3, -0.25) is 9.89 Å². The highest BCUT2D eigenvalue weighted by Gasteiger charge is 2.36. The van der Waals surface area contributed by atoms with Crippen molar-refractivity contribution in [2.24, 2.45) is 5.92 Å². The van der Waals surface area contributed by atoms with E-state index in [1.165, 1.54) is 0 Å². The third-order valence-electron chi connectivity index (χ3n) is 3.86. The minimum absolute atomic E-state index is 0.0000313. The summed E-state index contributed by atoms with van der Waals surface area (Å²) in [6, 6.07) is 0. The largest absolute Gasteiger partial charge is 0.453 e. The maximum atomic E-state index is 12.3. The first-order valence-corrected chi connectivity index (χ1v) is 7.28. The Morgan fingerprint density at radius 2 is 2.09 bits per heavy atom. The molecule has 0 unspecified atom stereocenters. The molecule has 1 saturated heterocycles. The number of halogens is 3. The van der Waals surface area contributed by atoms with Crippen molar-refractivity contribution in [2.75, 3.05) is 20.1 Å². The summed E-state index contributed by atoms with van der Waals surface area (Å²) in [6.07, 6.45) is -1.22. The highest BCUT2D eigenvalue weighted by Crippen LogP contribution is 2.25. The van der Waals surface area contributed by atoms with E-state index < -0.39 is 12.0 Å². The molecule has 2 rings (SSSR count). The molecule has 9 heteroatoms. The molecule has 1 aliphatic heterocycles. The summed E-state index contributed by atoms with van der Waals surface area (Å²) in [5.74, 6) is -0.851. The topological polar surface area (TPSA) is 73.9 Å². The number of H-pyrrole nitrogens is 1. The van der Waals surface area contributed by atoms with Crippen molar-refractivity contribution < 1.29 is 18.0 Å². The normalized spacial score (nSPS) is 17.6. The fraction of sp³-hybridized carbons (Fsp3) is 0.769. The van der Waals surface area contributed by atoms with Crippen LogP contribution in [0.4, 0.5) is 13.2 Å². The Kier molecular flexibility index (Phi) is 5.38. The SMILES string of the molecule is CN1CCC(CCC(=O)NCc2nc(C(F)(F)F)n[nH]2)CC1. The van der Waals surface area contributed by atoms with Crippen molar-refractivity contribution in [3.8, 4) is 0 Å². The van der Waals surface area contributed by atoms with Crippen LogP contribution < -0.4 is 5.32 Å². The van der Waals surface area contributed by atoms with Gasteiger partial charge < -0.3 is 10.2 Å². The lowest BCUT2D eigenvalue weighted by Gasteiger charge is -2.28. The molecule has 0 bridgehead atoms. The molecule has 0 atom stereocenters. The van der Waals surface area contributed by atoms with Gasteiger partial charge in [0.05, 0.1) is 6.54 Å². The van der Waals surface area contributed by atoms with Crippen molar-refractivity contribution in [2.45, 2.75) is 38.4 Å². The number of rotatable bonds is 5. The molecule has 6 nitrogen and oxygen atoms in total. The zero-order valence-electron chi connectivity index (χ0n) is 12.4. The smallest absolute Gasteiger partial charge is 0.349 e. The second kappa shape index (κ2) is 7.08. The molecule has 0 aromatic carbocycles. The molecule has 1 fully saturated rings. The van der Waals surface area contributed by atoms with Crippen molar-refractivity contribution in [3.05, 3.63) is 11.6 Å². The predicted octanol–water partition coefficient (Wildman–Crippen LogP) is 1.56. The predicted molar refractivity (Wildman–Crippen MR) is 72.7 cm³/mol. The monoisotopic (exact) mass is 319 g/mol. The van der Waals surface area contributed by atoms with Gasteiger partial charge >= 0.3 is 6.18 Å². The second-order valence-electron chi connectivity index (χ2n) is 5.67. The number of alkyl halides is 3. The third kappa shape index (κ3) is 4.97. The molecule has 1 aromatic heterocycles. The molecule has 0 radical (unpaired) electrons. The zero-order valence-corrected chi connectivity index (χ0v) is 12.4. The molecule has 124 valence electrons. The van der Waals surface area contributed by atoms with Crippen LogP contribution in [0.5, 0.6) is 0 Å². The lowest BCUT2D eigenvalue weighted by atomic mass is 9.92. The van der Waals surface area contributed by atoms with Gasteiger partial charge in [0.1, 0.15) is 5.82 Å². The average Bonchev–Trinajstić information content (AvgIpc) is 2.93. The summed E-state index contributed by atoms with van der Waals surface area (Å²) in [5.41, 5.74) is 0. The highest BCUT2D eigenvalue weighted by atomic mass is 19.4. The number of hydrogen-bond acceptors (Lipinski definition) is 4. The number of nitrogens with one attached hydrogen (secondary N) is 2. The Hall–Kier alpha value is -1.64. The number of nitrogens with zero attached hydrogens (tertiary/aromatic N) is 3. The van der Waals surface area contributed by atoms with E-state index in [0.29, 0.717) is 12.3 Å². The van der Waals surface area contributed by atoms with E-state index in [2.05, 4.69) is 32.4 Å². The van der Waals surface area contributed by atoms with Crippen molar-refractivity contribution in [3.63, 3.8) is 0 Å². The van der Waals surface area contributed by atoms with Gasteiger partial charge in [0.2, 0.25) is 5.91 Å². The van der Waals surface area contributed by atoms with E-state index in [0.717, 1.165) is 32.4 Å². The van der Waals surface area contributed by atoms with E-state index in [9.17, 15) is 18.0 Å². The van der Waals surface area contributed by atoms with Crippen LogP contribution in [0, 0.1) is 5.92 Å². The van der Waals surface area contributed by atoms with Gasteiger partial charge in [-0.25, -0.2) is 4.98 Å². The summed E-state index contributed by atoms with van der Waals surface area (Å²) in [7, 11) is 2.08. The van der Waals surface area contributed by atoms with Gasteiger partial charge in [0, 0.05) is 6.42 Å². The van der Waals surface area contributed by atoms with E-state index >= 15 is 0 Å². The van der Waals surface area contributed by atoms with Crippen molar-refractivity contribution in [1.29, 1.82) is 0 Å². The first-order valence-electron chi connectivity index (χ1n) is 7.28. The van der Waals surface area contributed by atoms with Gasteiger partial charge in [-0.1, -0.05) is 0 Å². The highest BCUT2D eigenvalue weighted by molar-refractivity contribution is 5.75. The van der Waals surface area contributed by atoms with Crippen LogP contribution in [0.25, 0.3) is 0 Å². The van der Waals surface area contributed by atoms with Crippen LogP contribution in [0.1, 0.15) is 37.3 Å². The van der Waals surface area contributed by atoms with Crippen molar-refractivity contribution >= 4 is 5.91 Å². The molecule has 1 amide bonds. The Balaban J connectivity index is 1.68. The Bertz CT molecular complexity index is 494. The number of likely N-dealkylation sites (tertiary alicyclic amines) is 1. The maximum Gasteiger partial charge on any atom is 0.453 e. The summed E-state index contributed by atoms with van der Waals surface area (Å²) in [6.45, 7) is 2.02. The van der Waals surface area contributed by atoms with Gasteiger partial charge in [0.25, 0.3) is 5.82 Å². The summed E-state index contributed by atoms with van der Waals surface area (Å²) in [4.78, 5) is 17.3. The first-order chi connectivity index (χ1) is 10.3. The fourth-order valence-corrected chi connectivity index (χ4v) is 2.46. The minimum Gasteiger partial charge on any atom is -0.349 e. The van der Waals surface area contributed by atoms with Gasteiger partial charge in [-0.15, -0.1) is 5.10 Å². The summed E-state index contributed by atoms with van der Waals surface area (Å²) >= 11 is 0. The van der Waals surface area contributed by atoms with Crippen LogP contribution in [-0.2, 0) is 17.5 Å². The summed E-state index contributed by atoms with van der Waals surface area (Å²) in [5, 5.41) is 7.81. The number of carbonyl (C=O) groups excluding carboxylic acids is 1.